The third-order valence-electron chi connectivity index (χ3n) is 6.71. The van der Waals surface area contributed by atoms with E-state index in [4.69, 9.17) is 5.73 Å². The highest BCUT2D eigenvalue weighted by atomic mass is 16.2. The first-order valence-corrected chi connectivity index (χ1v) is 10.9. The Morgan fingerprint density at radius 2 is 1.96 bits per heavy atom. The van der Waals surface area contributed by atoms with Crippen molar-refractivity contribution >= 4 is 5.91 Å². The van der Waals surface area contributed by atoms with Gasteiger partial charge in [0.25, 0.3) is 0 Å². The summed E-state index contributed by atoms with van der Waals surface area (Å²) in [5.41, 5.74) is 7.55. The van der Waals surface area contributed by atoms with E-state index >= 15 is 0 Å². The van der Waals surface area contributed by atoms with Crippen LogP contribution in [0.4, 0.5) is 0 Å². The maximum Gasteiger partial charge on any atom is 0.223 e. The molecule has 1 amide bonds. The predicted octanol–water partition coefficient (Wildman–Crippen LogP) is 3.66. The Bertz CT molecular complexity index is 583. The summed E-state index contributed by atoms with van der Waals surface area (Å²) in [4.78, 5) is 17.7. The zero-order valence-electron chi connectivity index (χ0n) is 17.0. The highest BCUT2D eigenvalue weighted by Gasteiger charge is 2.35. The van der Waals surface area contributed by atoms with Gasteiger partial charge in [0.05, 0.1) is 0 Å². The molecule has 1 heterocycles. The fraction of sp³-hybridized carbons (Fsp3) is 0.696. The predicted molar refractivity (Wildman–Crippen MR) is 111 cm³/mol. The van der Waals surface area contributed by atoms with Crippen molar-refractivity contribution < 1.29 is 4.79 Å². The average molecular weight is 372 g/mol. The van der Waals surface area contributed by atoms with E-state index in [-0.39, 0.29) is 5.41 Å². The molecule has 150 valence electrons. The van der Waals surface area contributed by atoms with E-state index in [1.807, 2.05) is 0 Å². The molecule has 1 saturated carbocycles. The number of carbonyl (C=O) groups excluding carboxylic acids is 1. The van der Waals surface area contributed by atoms with Crippen LogP contribution in [0.15, 0.2) is 30.3 Å². The van der Waals surface area contributed by atoms with E-state index in [1.54, 1.807) is 0 Å². The molecule has 1 aromatic carbocycles. The Labute approximate surface area is 165 Å². The minimum atomic E-state index is 0.0672. The van der Waals surface area contributed by atoms with Gasteiger partial charge < -0.3 is 10.6 Å². The smallest absolute Gasteiger partial charge is 0.223 e. The monoisotopic (exact) mass is 371 g/mol. The van der Waals surface area contributed by atoms with Crippen molar-refractivity contribution in [2.75, 3.05) is 32.7 Å². The third kappa shape index (κ3) is 5.55. The van der Waals surface area contributed by atoms with Crippen molar-refractivity contribution in [3.8, 4) is 0 Å². The molecule has 2 aliphatic rings. The first-order valence-electron chi connectivity index (χ1n) is 10.9. The van der Waals surface area contributed by atoms with Gasteiger partial charge in [-0.3, -0.25) is 9.69 Å². The van der Waals surface area contributed by atoms with Gasteiger partial charge in [-0.15, -0.1) is 0 Å². The molecule has 0 radical (unpaired) electrons. The SMILES string of the molecule is CCN(CC1CCN(Cc2ccccc2)C1)C(=O)CC1(CN)CCCCC1. The number of nitrogens with two attached hydrogens (primary N) is 1. The summed E-state index contributed by atoms with van der Waals surface area (Å²) in [6, 6.07) is 10.7. The zero-order chi connectivity index (χ0) is 19.1. The van der Waals surface area contributed by atoms with Gasteiger partial charge in [0.1, 0.15) is 0 Å². The van der Waals surface area contributed by atoms with Gasteiger partial charge in [-0.1, -0.05) is 49.6 Å². The van der Waals surface area contributed by atoms with Crippen LogP contribution in [0, 0.1) is 11.3 Å². The molecule has 1 atom stereocenters. The minimum absolute atomic E-state index is 0.0672. The fourth-order valence-electron chi connectivity index (χ4n) is 4.95. The summed E-state index contributed by atoms with van der Waals surface area (Å²) in [6.45, 7) is 7.75. The molecule has 1 saturated heterocycles. The summed E-state index contributed by atoms with van der Waals surface area (Å²) >= 11 is 0. The van der Waals surface area contributed by atoms with E-state index in [1.165, 1.54) is 31.2 Å². The van der Waals surface area contributed by atoms with Crippen molar-refractivity contribution in [1.82, 2.24) is 9.80 Å². The van der Waals surface area contributed by atoms with E-state index in [2.05, 4.69) is 47.1 Å². The topological polar surface area (TPSA) is 49.6 Å². The van der Waals surface area contributed by atoms with Crippen molar-refractivity contribution in [3.05, 3.63) is 35.9 Å². The summed E-state index contributed by atoms with van der Waals surface area (Å²) in [7, 11) is 0. The van der Waals surface area contributed by atoms with E-state index in [9.17, 15) is 4.79 Å². The van der Waals surface area contributed by atoms with Gasteiger partial charge in [-0.2, -0.15) is 0 Å². The maximum absolute atomic E-state index is 13.0. The van der Waals surface area contributed by atoms with Crippen LogP contribution in [0.25, 0.3) is 0 Å². The molecule has 0 bridgehead atoms. The highest BCUT2D eigenvalue weighted by Crippen LogP contribution is 2.39. The van der Waals surface area contributed by atoms with Crippen LogP contribution in [0.3, 0.4) is 0 Å². The van der Waals surface area contributed by atoms with Gasteiger partial charge in [-0.25, -0.2) is 0 Å². The van der Waals surface area contributed by atoms with Crippen LogP contribution < -0.4 is 5.73 Å². The zero-order valence-corrected chi connectivity index (χ0v) is 17.0. The maximum atomic E-state index is 13.0. The van der Waals surface area contributed by atoms with Gasteiger partial charge in [0, 0.05) is 32.6 Å². The first-order chi connectivity index (χ1) is 13.1. The molecule has 2 N–H and O–H groups in total. The fourth-order valence-corrected chi connectivity index (χ4v) is 4.95. The van der Waals surface area contributed by atoms with Crippen molar-refractivity contribution in [3.63, 3.8) is 0 Å². The Morgan fingerprint density at radius 3 is 2.63 bits per heavy atom. The van der Waals surface area contributed by atoms with Crippen molar-refractivity contribution in [2.45, 2.75) is 58.4 Å². The number of carbonyl (C=O) groups is 1. The Morgan fingerprint density at radius 1 is 1.22 bits per heavy atom. The van der Waals surface area contributed by atoms with Crippen LogP contribution >= 0.6 is 0 Å². The molecule has 0 spiro atoms. The number of likely N-dealkylation sites (tertiary alicyclic amines) is 1. The molecule has 3 rings (SSSR count). The number of benzene rings is 1. The number of nitrogens with zero attached hydrogens (tertiary/aromatic N) is 2. The summed E-state index contributed by atoms with van der Waals surface area (Å²) in [5, 5.41) is 0. The van der Waals surface area contributed by atoms with Crippen LogP contribution in [-0.4, -0.2) is 48.4 Å². The summed E-state index contributed by atoms with van der Waals surface area (Å²) < 4.78 is 0. The van der Waals surface area contributed by atoms with Crippen molar-refractivity contribution in [1.29, 1.82) is 0 Å². The molecule has 1 aliphatic carbocycles. The Kier molecular flexibility index (Phi) is 7.31. The molecule has 1 aromatic rings. The van der Waals surface area contributed by atoms with Crippen LogP contribution in [0.2, 0.25) is 0 Å². The normalized spacial score (nSPS) is 22.7. The second kappa shape index (κ2) is 9.70. The van der Waals surface area contributed by atoms with Gasteiger partial charge >= 0.3 is 0 Å². The van der Waals surface area contributed by atoms with Crippen LogP contribution in [0.1, 0.15) is 57.4 Å². The lowest BCUT2D eigenvalue weighted by Crippen LogP contribution is -2.42. The number of rotatable bonds is 8. The van der Waals surface area contributed by atoms with Gasteiger partial charge in [0.2, 0.25) is 5.91 Å². The molecule has 0 aromatic heterocycles. The number of hydrogen-bond acceptors (Lipinski definition) is 3. The average Bonchev–Trinajstić information content (AvgIpc) is 3.14. The molecule has 27 heavy (non-hydrogen) atoms. The van der Waals surface area contributed by atoms with E-state index in [0.29, 0.717) is 24.8 Å². The molecular weight excluding hydrogens is 334 g/mol. The molecule has 2 fully saturated rings. The highest BCUT2D eigenvalue weighted by molar-refractivity contribution is 5.77. The largest absolute Gasteiger partial charge is 0.343 e. The molecule has 4 nitrogen and oxygen atoms in total. The lowest BCUT2D eigenvalue weighted by molar-refractivity contribution is -0.134. The molecule has 1 aliphatic heterocycles. The quantitative estimate of drug-likeness (QED) is 0.759. The molecular formula is C23H37N3O. The summed E-state index contributed by atoms with van der Waals surface area (Å²) in [6.07, 6.45) is 7.85. The second-order valence-corrected chi connectivity index (χ2v) is 8.75. The van der Waals surface area contributed by atoms with Crippen molar-refractivity contribution in [2.24, 2.45) is 17.1 Å². The summed E-state index contributed by atoms with van der Waals surface area (Å²) in [5.74, 6) is 0.921. The molecule has 4 heteroatoms. The van der Waals surface area contributed by atoms with E-state index < -0.39 is 0 Å². The number of amides is 1. The Hall–Kier alpha value is -1.39. The first kappa shape index (κ1) is 20.3. The van der Waals surface area contributed by atoms with Crippen LogP contribution in [-0.2, 0) is 11.3 Å². The third-order valence-corrected chi connectivity index (χ3v) is 6.71. The lowest BCUT2D eigenvalue weighted by Gasteiger charge is -2.37. The minimum Gasteiger partial charge on any atom is -0.343 e. The number of hydrogen-bond donors (Lipinski definition) is 1. The van der Waals surface area contributed by atoms with Gasteiger partial charge in [-0.05, 0) is 56.2 Å². The van der Waals surface area contributed by atoms with Gasteiger partial charge in [0.15, 0.2) is 0 Å². The standard InChI is InChI=1S/C23H37N3O/c1-2-26(22(27)15-23(19-24)12-7-4-8-13-23)18-21-11-14-25(17-21)16-20-9-5-3-6-10-20/h3,5-6,9-10,21H,2,4,7-8,11-19,24H2,1H3. The lowest BCUT2D eigenvalue weighted by atomic mass is 9.71. The van der Waals surface area contributed by atoms with E-state index in [0.717, 1.165) is 45.6 Å². The van der Waals surface area contributed by atoms with Crippen LogP contribution in [0.5, 0.6) is 0 Å². The second-order valence-electron chi connectivity index (χ2n) is 8.75. The Balaban J connectivity index is 1.50. The molecule has 1 unspecified atom stereocenters.